The van der Waals surface area contributed by atoms with Gasteiger partial charge in [-0.25, -0.2) is 4.99 Å². The van der Waals surface area contributed by atoms with Crippen LogP contribution in [0.15, 0.2) is 53.5 Å². The highest BCUT2D eigenvalue weighted by Crippen LogP contribution is 2.34. The number of rotatable bonds is 2. The average molecular weight is 312 g/mol. The van der Waals surface area contributed by atoms with Gasteiger partial charge >= 0.3 is 0 Å². The van der Waals surface area contributed by atoms with Gasteiger partial charge in [0.1, 0.15) is 6.04 Å². The van der Waals surface area contributed by atoms with E-state index >= 15 is 0 Å². The quantitative estimate of drug-likeness (QED) is 0.927. The molecule has 22 heavy (non-hydrogen) atoms. The lowest BCUT2D eigenvalue weighted by atomic mass is 10.0. The van der Waals surface area contributed by atoms with Crippen molar-refractivity contribution in [2.24, 2.45) is 4.99 Å². The van der Waals surface area contributed by atoms with Gasteiger partial charge in [0.2, 0.25) is 11.9 Å². The van der Waals surface area contributed by atoms with Crippen LogP contribution in [0, 0.1) is 0 Å². The largest absolute Gasteiger partial charge is 0.325 e. The average Bonchev–Trinajstić information content (AvgIpc) is 2.82. The normalized spacial score (nSPS) is 19.3. The van der Waals surface area contributed by atoms with Crippen molar-refractivity contribution in [3.8, 4) is 0 Å². The SMILES string of the molecule is O=C1NC2=Nc3cccc(Cl)c3CN2[C@@H]1Cc1ccccc1. The van der Waals surface area contributed by atoms with Gasteiger partial charge < -0.3 is 4.90 Å². The minimum atomic E-state index is -0.245. The molecule has 1 fully saturated rings. The Morgan fingerprint density at radius 1 is 1.18 bits per heavy atom. The van der Waals surface area contributed by atoms with E-state index in [0.717, 1.165) is 16.8 Å². The standard InChI is InChI=1S/C17H14ClN3O/c18-13-7-4-8-14-12(13)10-21-15(16(22)20-17(21)19-14)9-11-5-2-1-3-6-11/h1-8,15H,9-10H2,(H,19,20,22)/t15-/m1/s1. The van der Waals surface area contributed by atoms with Crippen LogP contribution in [0.2, 0.25) is 5.02 Å². The summed E-state index contributed by atoms with van der Waals surface area (Å²) >= 11 is 6.28. The van der Waals surface area contributed by atoms with Gasteiger partial charge in [0.25, 0.3) is 0 Å². The molecule has 0 aliphatic carbocycles. The van der Waals surface area contributed by atoms with Crippen LogP contribution in [0.25, 0.3) is 0 Å². The van der Waals surface area contributed by atoms with Crippen LogP contribution in [-0.2, 0) is 17.8 Å². The van der Waals surface area contributed by atoms with Crippen LogP contribution >= 0.6 is 11.6 Å². The summed E-state index contributed by atoms with van der Waals surface area (Å²) in [4.78, 5) is 18.9. The van der Waals surface area contributed by atoms with Crippen LogP contribution in [0.3, 0.4) is 0 Å². The third-order valence-electron chi connectivity index (χ3n) is 4.11. The van der Waals surface area contributed by atoms with Gasteiger partial charge in [0.05, 0.1) is 12.2 Å². The molecule has 0 radical (unpaired) electrons. The van der Waals surface area contributed by atoms with E-state index in [-0.39, 0.29) is 11.9 Å². The Hall–Kier alpha value is -2.33. The summed E-state index contributed by atoms with van der Waals surface area (Å²) in [5.41, 5.74) is 2.94. The minimum Gasteiger partial charge on any atom is -0.325 e. The number of fused-ring (bicyclic) bond motifs is 2. The monoisotopic (exact) mass is 311 g/mol. The molecule has 2 aromatic carbocycles. The van der Waals surface area contributed by atoms with Crippen LogP contribution in [0.4, 0.5) is 5.69 Å². The number of guanidine groups is 1. The lowest BCUT2D eigenvalue weighted by Gasteiger charge is -2.28. The predicted molar refractivity (Wildman–Crippen MR) is 86.2 cm³/mol. The molecular weight excluding hydrogens is 298 g/mol. The summed E-state index contributed by atoms with van der Waals surface area (Å²) in [7, 11) is 0. The van der Waals surface area contributed by atoms with Crippen molar-refractivity contribution in [3.63, 3.8) is 0 Å². The number of carbonyl (C=O) groups excluding carboxylic acids is 1. The molecule has 110 valence electrons. The highest BCUT2D eigenvalue weighted by molar-refractivity contribution is 6.31. The Morgan fingerprint density at radius 3 is 2.82 bits per heavy atom. The second-order valence-corrected chi connectivity index (χ2v) is 5.90. The van der Waals surface area contributed by atoms with Gasteiger partial charge in [-0.05, 0) is 17.7 Å². The third kappa shape index (κ3) is 2.16. The van der Waals surface area contributed by atoms with E-state index in [1.54, 1.807) is 0 Å². The first-order valence-corrected chi connectivity index (χ1v) is 7.58. The van der Waals surface area contributed by atoms with E-state index in [9.17, 15) is 4.79 Å². The maximum atomic E-state index is 12.3. The molecule has 0 unspecified atom stereocenters. The number of hydrogen-bond donors (Lipinski definition) is 1. The van der Waals surface area contributed by atoms with Crippen molar-refractivity contribution in [1.29, 1.82) is 0 Å². The fourth-order valence-electron chi connectivity index (χ4n) is 2.96. The summed E-state index contributed by atoms with van der Waals surface area (Å²) in [6.45, 7) is 0.601. The van der Waals surface area contributed by atoms with E-state index in [1.165, 1.54) is 0 Å². The number of amides is 1. The van der Waals surface area contributed by atoms with Gasteiger partial charge in [-0.15, -0.1) is 0 Å². The molecule has 1 N–H and O–H groups in total. The molecule has 1 atom stereocenters. The Bertz CT molecular complexity index is 773. The summed E-state index contributed by atoms with van der Waals surface area (Å²) < 4.78 is 0. The molecule has 0 spiro atoms. The van der Waals surface area contributed by atoms with E-state index in [2.05, 4.69) is 10.3 Å². The molecule has 1 saturated heterocycles. The number of hydrogen-bond acceptors (Lipinski definition) is 3. The first kappa shape index (κ1) is 13.3. The zero-order valence-electron chi connectivity index (χ0n) is 11.8. The molecule has 0 aromatic heterocycles. The summed E-state index contributed by atoms with van der Waals surface area (Å²) in [6.07, 6.45) is 0.658. The Kier molecular flexibility index (Phi) is 3.12. The van der Waals surface area contributed by atoms with Crippen LogP contribution in [-0.4, -0.2) is 22.8 Å². The van der Waals surface area contributed by atoms with Crippen molar-refractivity contribution < 1.29 is 4.79 Å². The maximum Gasteiger partial charge on any atom is 0.249 e. The first-order valence-electron chi connectivity index (χ1n) is 7.20. The fraction of sp³-hybridized carbons (Fsp3) is 0.176. The number of carbonyl (C=O) groups is 1. The Morgan fingerprint density at radius 2 is 2.00 bits per heavy atom. The van der Waals surface area contributed by atoms with E-state index in [0.29, 0.717) is 23.9 Å². The highest BCUT2D eigenvalue weighted by atomic mass is 35.5. The van der Waals surface area contributed by atoms with Gasteiger partial charge in [-0.1, -0.05) is 48.0 Å². The molecule has 4 nitrogen and oxygen atoms in total. The highest BCUT2D eigenvalue weighted by Gasteiger charge is 2.39. The predicted octanol–water partition coefficient (Wildman–Crippen LogP) is 2.88. The zero-order chi connectivity index (χ0) is 15.1. The van der Waals surface area contributed by atoms with Crippen molar-refractivity contribution in [3.05, 3.63) is 64.7 Å². The third-order valence-corrected chi connectivity index (χ3v) is 4.46. The topological polar surface area (TPSA) is 44.7 Å². The van der Waals surface area contributed by atoms with E-state index in [1.807, 2.05) is 53.4 Å². The van der Waals surface area contributed by atoms with Gasteiger partial charge in [0.15, 0.2) is 0 Å². The summed E-state index contributed by atoms with van der Waals surface area (Å²) in [5, 5.41) is 3.57. The molecule has 2 aromatic rings. The van der Waals surface area contributed by atoms with Crippen LogP contribution < -0.4 is 5.32 Å². The molecule has 5 heteroatoms. The lowest BCUT2D eigenvalue weighted by Crippen LogP contribution is -2.38. The number of nitrogens with one attached hydrogen (secondary N) is 1. The van der Waals surface area contributed by atoms with Gasteiger partial charge in [0, 0.05) is 17.0 Å². The minimum absolute atomic E-state index is 0.00784. The smallest absolute Gasteiger partial charge is 0.249 e. The number of aliphatic imine (C=N–C) groups is 1. The van der Waals surface area contributed by atoms with Crippen LogP contribution in [0.5, 0.6) is 0 Å². The first-order chi connectivity index (χ1) is 10.7. The zero-order valence-corrected chi connectivity index (χ0v) is 12.5. The number of benzene rings is 2. The molecule has 4 rings (SSSR count). The Labute approximate surface area is 133 Å². The maximum absolute atomic E-state index is 12.3. The number of halogens is 1. The van der Waals surface area contributed by atoms with E-state index in [4.69, 9.17) is 11.6 Å². The summed E-state index contributed by atoms with van der Waals surface area (Å²) in [6, 6.07) is 15.4. The molecule has 2 aliphatic heterocycles. The number of nitrogens with zero attached hydrogens (tertiary/aromatic N) is 2. The van der Waals surface area contributed by atoms with Crippen molar-refractivity contribution in [1.82, 2.24) is 10.2 Å². The second kappa shape index (κ2) is 5.14. The second-order valence-electron chi connectivity index (χ2n) is 5.50. The fourth-order valence-corrected chi connectivity index (χ4v) is 3.19. The Balaban J connectivity index is 1.67. The molecule has 0 saturated carbocycles. The van der Waals surface area contributed by atoms with Gasteiger partial charge in [-0.3, -0.25) is 10.1 Å². The molecule has 0 bridgehead atoms. The van der Waals surface area contributed by atoms with Crippen molar-refractivity contribution >= 4 is 29.2 Å². The van der Waals surface area contributed by atoms with Crippen LogP contribution in [0.1, 0.15) is 11.1 Å². The van der Waals surface area contributed by atoms with Crippen molar-refractivity contribution in [2.45, 2.75) is 19.0 Å². The molecular formula is C17H14ClN3O. The molecule has 2 heterocycles. The molecule has 1 amide bonds. The summed E-state index contributed by atoms with van der Waals surface area (Å²) in [5.74, 6) is 0.618. The van der Waals surface area contributed by atoms with Gasteiger partial charge in [-0.2, -0.15) is 0 Å². The van der Waals surface area contributed by atoms with Crippen molar-refractivity contribution in [2.75, 3.05) is 0 Å². The molecule has 2 aliphatic rings. The lowest BCUT2D eigenvalue weighted by molar-refractivity contribution is -0.121. The van der Waals surface area contributed by atoms with E-state index < -0.39 is 0 Å².